The maximum Gasteiger partial charge on any atom is 0.254 e. The van der Waals surface area contributed by atoms with Gasteiger partial charge >= 0.3 is 0 Å². The minimum atomic E-state index is -0.323. The number of nitrogens with two attached hydrogens (primary N) is 1. The lowest BCUT2D eigenvalue weighted by Crippen LogP contribution is -2.46. The van der Waals surface area contributed by atoms with Crippen molar-refractivity contribution in [2.45, 2.75) is 25.8 Å². The summed E-state index contributed by atoms with van der Waals surface area (Å²) in [6.07, 6.45) is 3.16. The van der Waals surface area contributed by atoms with Crippen LogP contribution < -0.4 is 11.1 Å². The van der Waals surface area contributed by atoms with Crippen LogP contribution in [0.2, 0.25) is 5.02 Å². The smallest absolute Gasteiger partial charge is 0.254 e. The maximum absolute atomic E-state index is 12.6. The highest BCUT2D eigenvalue weighted by molar-refractivity contribution is 6.30. The summed E-state index contributed by atoms with van der Waals surface area (Å²) in [7, 11) is 0. The van der Waals surface area contributed by atoms with Gasteiger partial charge in [-0.25, -0.2) is 4.68 Å². The normalized spacial score (nSPS) is 15.8. The van der Waals surface area contributed by atoms with Crippen LogP contribution in [0.1, 0.15) is 28.9 Å². The number of nitrogens with zero attached hydrogens (tertiary/aromatic N) is 3. The first-order valence-electron chi connectivity index (χ1n) is 8.56. The predicted molar refractivity (Wildman–Crippen MR) is 99.4 cm³/mol. The van der Waals surface area contributed by atoms with Gasteiger partial charge in [0.1, 0.15) is 0 Å². The molecule has 1 aliphatic heterocycles. The topological polar surface area (TPSA) is 93.2 Å². The minimum absolute atomic E-state index is 0.0838. The maximum atomic E-state index is 12.6. The molecular formula is C18H22ClN5O2. The lowest BCUT2D eigenvalue weighted by molar-refractivity contribution is -0.119. The highest BCUT2D eigenvalue weighted by Crippen LogP contribution is 2.18. The molecule has 1 saturated heterocycles. The molecule has 1 fully saturated rings. The van der Waals surface area contributed by atoms with Gasteiger partial charge in [-0.2, -0.15) is 5.10 Å². The fourth-order valence-corrected chi connectivity index (χ4v) is 3.40. The summed E-state index contributed by atoms with van der Waals surface area (Å²) in [5, 5.41) is 8.01. The van der Waals surface area contributed by atoms with E-state index in [9.17, 15) is 9.59 Å². The molecule has 0 aliphatic carbocycles. The van der Waals surface area contributed by atoms with Gasteiger partial charge in [-0.3, -0.25) is 14.5 Å². The number of aromatic nitrogens is 2. The van der Waals surface area contributed by atoms with E-state index in [0.29, 0.717) is 10.6 Å². The number of hydrogen-bond donors (Lipinski definition) is 2. The first-order valence-corrected chi connectivity index (χ1v) is 8.94. The zero-order valence-electron chi connectivity index (χ0n) is 14.6. The van der Waals surface area contributed by atoms with Crippen LogP contribution in [0.15, 0.2) is 30.5 Å². The van der Waals surface area contributed by atoms with Crippen molar-refractivity contribution < 1.29 is 9.59 Å². The van der Waals surface area contributed by atoms with Gasteiger partial charge in [0.05, 0.1) is 29.7 Å². The van der Waals surface area contributed by atoms with E-state index in [1.807, 2.05) is 24.0 Å². The van der Waals surface area contributed by atoms with E-state index < -0.39 is 0 Å². The van der Waals surface area contributed by atoms with Crippen LogP contribution >= 0.6 is 11.6 Å². The summed E-state index contributed by atoms with van der Waals surface area (Å²) in [5.41, 5.74) is 7.34. The van der Waals surface area contributed by atoms with Crippen LogP contribution in [0, 0.1) is 6.92 Å². The van der Waals surface area contributed by atoms with Gasteiger partial charge in [0, 0.05) is 24.2 Å². The Bertz CT molecular complexity index is 812. The number of primary amides is 1. The van der Waals surface area contributed by atoms with Gasteiger partial charge in [0.15, 0.2) is 0 Å². The highest BCUT2D eigenvalue weighted by atomic mass is 35.5. The lowest BCUT2D eigenvalue weighted by Gasteiger charge is -2.31. The van der Waals surface area contributed by atoms with Crippen molar-refractivity contribution >= 4 is 23.4 Å². The molecule has 2 aromatic rings. The second-order valence-corrected chi connectivity index (χ2v) is 6.96. The molecule has 1 aliphatic rings. The van der Waals surface area contributed by atoms with Crippen molar-refractivity contribution in [2.75, 3.05) is 19.6 Å². The average Bonchev–Trinajstić information content (AvgIpc) is 2.98. The summed E-state index contributed by atoms with van der Waals surface area (Å²) in [5.74, 6) is -0.458. The van der Waals surface area contributed by atoms with E-state index in [2.05, 4.69) is 10.4 Å². The number of hydrogen-bond acceptors (Lipinski definition) is 4. The summed E-state index contributed by atoms with van der Waals surface area (Å²) in [6, 6.07) is 7.42. The zero-order chi connectivity index (χ0) is 18.7. The zero-order valence-corrected chi connectivity index (χ0v) is 15.4. The molecule has 2 amide bonds. The van der Waals surface area contributed by atoms with Gasteiger partial charge in [-0.15, -0.1) is 0 Å². The number of halogens is 1. The lowest BCUT2D eigenvalue weighted by atomic mass is 10.0. The van der Waals surface area contributed by atoms with Crippen molar-refractivity contribution in [1.29, 1.82) is 0 Å². The van der Waals surface area contributed by atoms with Crippen molar-refractivity contribution in [3.05, 3.63) is 46.7 Å². The summed E-state index contributed by atoms with van der Waals surface area (Å²) in [6.45, 7) is 3.62. The fraction of sp³-hybridized carbons (Fsp3) is 0.389. The number of rotatable bonds is 5. The van der Waals surface area contributed by atoms with Gasteiger partial charge < -0.3 is 11.1 Å². The minimum Gasteiger partial charge on any atom is -0.369 e. The van der Waals surface area contributed by atoms with Crippen LogP contribution in [-0.4, -0.2) is 52.2 Å². The quantitative estimate of drug-likeness (QED) is 0.828. The molecule has 0 atom stereocenters. The second kappa shape index (κ2) is 7.88. The monoisotopic (exact) mass is 375 g/mol. The molecule has 3 N–H and O–H groups in total. The Balaban J connectivity index is 1.64. The third-order valence-corrected chi connectivity index (χ3v) is 4.84. The van der Waals surface area contributed by atoms with Crippen molar-refractivity contribution in [3.63, 3.8) is 0 Å². The predicted octanol–water partition coefficient (Wildman–Crippen LogP) is 1.51. The number of carbonyl (C=O) groups is 2. The Kier molecular flexibility index (Phi) is 5.58. The molecular weight excluding hydrogens is 354 g/mol. The van der Waals surface area contributed by atoms with Gasteiger partial charge in [0.2, 0.25) is 5.91 Å². The number of piperidine rings is 1. The molecule has 1 aromatic carbocycles. The van der Waals surface area contributed by atoms with E-state index in [-0.39, 0.29) is 24.4 Å². The van der Waals surface area contributed by atoms with E-state index in [1.165, 1.54) is 0 Å². The Morgan fingerprint density at radius 2 is 2.08 bits per heavy atom. The van der Waals surface area contributed by atoms with Crippen LogP contribution in [0.4, 0.5) is 0 Å². The van der Waals surface area contributed by atoms with Crippen LogP contribution in [0.25, 0.3) is 5.69 Å². The van der Waals surface area contributed by atoms with Crippen molar-refractivity contribution in [2.24, 2.45) is 5.73 Å². The van der Waals surface area contributed by atoms with Gasteiger partial charge in [-0.1, -0.05) is 17.7 Å². The van der Waals surface area contributed by atoms with Crippen LogP contribution in [0.3, 0.4) is 0 Å². The molecule has 8 heteroatoms. The number of likely N-dealkylation sites (tertiary alicyclic amines) is 1. The Labute approximate surface area is 157 Å². The fourth-order valence-electron chi connectivity index (χ4n) is 3.22. The summed E-state index contributed by atoms with van der Waals surface area (Å²) < 4.78 is 1.70. The van der Waals surface area contributed by atoms with Crippen LogP contribution in [-0.2, 0) is 4.79 Å². The Hall–Kier alpha value is -2.38. The van der Waals surface area contributed by atoms with E-state index in [1.54, 1.807) is 23.0 Å². The SMILES string of the molecule is Cc1c(C(=O)NC2CCN(CC(N)=O)CC2)cnn1-c1cccc(Cl)c1. The average molecular weight is 376 g/mol. The number of carbonyl (C=O) groups excluding carboxylic acids is 2. The van der Waals surface area contributed by atoms with E-state index in [0.717, 1.165) is 37.3 Å². The van der Waals surface area contributed by atoms with E-state index >= 15 is 0 Å². The molecule has 26 heavy (non-hydrogen) atoms. The van der Waals surface area contributed by atoms with Gasteiger partial charge in [0.25, 0.3) is 5.91 Å². The Morgan fingerprint density at radius 3 is 2.73 bits per heavy atom. The largest absolute Gasteiger partial charge is 0.369 e. The Morgan fingerprint density at radius 1 is 1.35 bits per heavy atom. The third-order valence-electron chi connectivity index (χ3n) is 4.61. The number of benzene rings is 1. The van der Waals surface area contributed by atoms with Crippen LogP contribution in [0.5, 0.6) is 0 Å². The molecule has 0 saturated carbocycles. The molecule has 0 spiro atoms. The number of amides is 2. The molecule has 7 nitrogen and oxygen atoms in total. The molecule has 1 aromatic heterocycles. The second-order valence-electron chi connectivity index (χ2n) is 6.53. The molecule has 0 unspecified atom stereocenters. The van der Waals surface area contributed by atoms with Gasteiger partial charge in [-0.05, 0) is 38.0 Å². The standard InChI is InChI=1S/C18H22ClN5O2/c1-12-16(10-21-24(12)15-4-2-3-13(19)9-15)18(26)22-14-5-7-23(8-6-14)11-17(20)25/h2-4,9-10,14H,5-8,11H2,1H3,(H2,20,25)(H,22,26). The summed E-state index contributed by atoms with van der Waals surface area (Å²) in [4.78, 5) is 25.6. The summed E-state index contributed by atoms with van der Waals surface area (Å²) >= 11 is 6.04. The van der Waals surface area contributed by atoms with E-state index in [4.69, 9.17) is 17.3 Å². The molecule has 3 rings (SSSR count). The van der Waals surface area contributed by atoms with Crippen molar-refractivity contribution in [1.82, 2.24) is 20.0 Å². The first-order chi connectivity index (χ1) is 12.4. The molecule has 138 valence electrons. The van der Waals surface area contributed by atoms with Crippen molar-refractivity contribution in [3.8, 4) is 5.69 Å². The highest BCUT2D eigenvalue weighted by Gasteiger charge is 2.23. The number of nitrogens with one attached hydrogen (secondary N) is 1. The first kappa shape index (κ1) is 18.4. The molecule has 2 heterocycles. The molecule has 0 bridgehead atoms. The third kappa shape index (κ3) is 4.23. The molecule has 0 radical (unpaired) electrons.